The minimum absolute atomic E-state index is 0.713. The van der Waals surface area contributed by atoms with Crippen LogP contribution in [-0.2, 0) is 0 Å². The molecule has 36 heavy (non-hydrogen) atoms. The molecule has 8 aromatic rings. The van der Waals surface area contributed by atoms with Gasteiger partial charge in [-0.3, -0.25) is 0 Å². The minimum atomic E-state index is 0.713. The molecule has 0 aliphatic rings. The molecule has 9 heteroatoms. The van der Waals surface area contributed by atoms with E-state index in [-0.39, 0.29) is 0 Å². The van der Waals surface area contributed by atoms with Crippen molar-refractivity contribution in [3.63, 3.8) is 0 Å². The van der Waals surface area contributed by atoms with Gasteiger partial charge in [0.1, 0.15) is 17.5 Å². The number of hydrogen-bond donors (Lipinski definition) is 1. The van der Waals surface area contributed by atoms with Gasteiger partial charge in [-0.05, 0) is 48.5 Å². The highest BCUT2D eigenvalue weighted by atomic mass is 15.0. The zero-order chi connectivity index (χ0) is 24.4. The van der Waals surface area contributed by atoms with Crippen molar-refractivity contribution in [1.29, 1.82) is 0 Å². The molecule has 8 rings (SSSR count). The SMILES string of the molecule is c1ccn2cccc2c1.c1ccn2ccnc2c1.c1ccn2cncc2c1.c1ncc2[nH]cnc2n1. The van der Waals surface area contributed by atoms with Gasteiger partial charge in [0.05, 0.1) is 30.6 Å². The summed E-state index contributed by atoms with van der Waals surface area (Å²) >= 11 is 0. The summed E-state index contributed by atoms with van der Waals surface area (Å²) in [6, 6.07) is 22.2. The van der Waals surface area contributed by atoms with Crippen molar-refractivity contribution >= 4 is 27.8 Å². The second-order valence-corrected chi connectivity index (χ2v) is 7.52. The Morgan fingerprint density at radius 1 is 0.583 bits per heavy atom. The van der Waals surface area contributed by atoms with Crippen molar-refractivity contribution in [1.82, 2.24) is 43.1 Å². The van der Waals surface area contributed by atoms with E-state index < -0.39 is 0 Å². The Labute approximate surface area is 206 Å². The molecular formula is C27H23N9. The third-order valence-corrected chi connectivity index (χ3v) is 5.16. The maximum absolute atomic E-state index is 4.08. The maximum Gasteiger partial charge on any atom is 0.180 e. The van der Waals surface area contributed by atoms with Crippen molar-refractivity contribution in [2.24, 2.45) is 0 Å². The van der Waals surface area contributed by atoms with Crippen LogP contribution in [0.1, 0.15) is 0 Å². The van der Waals surface area contributed by atoms with E-state index in [2.05, 4.69) is 46.4 Å². The number of nitrogens with one attached hydrogen (secondary N) is 1. The molecular weight excluding hydrogens is 450 g/mol. The van der Waals surface area contributed by atoms with Crippen molar-refractivity contribution < 1.29 is 0 Å². The first kappa shape index (κ1) is 22.5. The van der Waals surface area contributed by atoms with E-state index in [1.54, 1.807) is 25.0 Å². The number of aromatic amines is 1. The van der Waals surface area contributed by atoms with Gasteiger partial charge >= 0.3 is 0 Å². The molecule has 0 spiro atoms. The molecule has 0 atom stereocenters. The lowest BCUT2D eigenvalue weighted by Crippen LogP contribution is -1.77. The number of H-pyrrole nitrogens is 1. The predicted molar refractivity (Wildman–Crippen MR) is 139 cm³/mol. The maximum atomic E-state index is 4.08. The highest BCUT2D eigenvalue weighted by Gasteiger charge is 1.91. The average Bonchev–Trinajstić information content (AvgIpc) is 3.76. The molecule has 0 aliphatic heterocycles. The summed E-state index contributed by atoms with van der Waals surface area (Å²) in [7, 11) is 0. The van der Waals surface area contributed by atoms with E-state index in [4.69, 9.17) is 0 Å². The molecule has 0 unspecified atom stereocenters. The molecule has 0 saturated heterocycles. The van der Waals surface area contributed by atoms with Gasteiger partial charge in [-0.25, -0.2) is 24.9 Å². The summed E-state index contributed by atoms with van der Waals surface area (Å²) < 4.78 is 6.03. The van der Waals surface area contributed by atoms with Crippen molar-refractivity contribution in [2.45, 2.75) is 0 Å². The first-order chi connectivity index (χ1) is 17.9. The molecule has 0 bridgehead atoms. The average molecular weight is 474 g/mol. The number of fused-ring (bicyclic) bond motifs is 4. The Hall–Kier alpha value is -5.31. The smallest absolute Gasteiger partial charge is 0.180 e. The van der Waals surface area contributed by atoms with Gasteiger partial charge in [0.2, 0.25) is 0 Å². The molecule has 1 N–H and O–H groups in total. The van der Waals surface area contributed by atoms with Crippen LogP contribution in [0.25, 0.3) is 27.8 Å². The quantitative estimate of drug-likeness (QED) is 0.336. The highest BCUT2D eigenvalue weighted by molar-refractivity contribution is 5.67. The van der Waals surface area contributed by atoms with E-state index in [1.165, 1.54) is 11.8 Å². The summed E-state index contributed by atoms with van der Waals surface area (Å²) in [6.45, 7) is 0. The lowest BCUT2D eigenvalue weighted by molar-refractivity contribution is 1.15. The first-order valence-electron chi connectivity index (χ1n) is 11.2. The molecule has 176 valence electrons. The van der Waals surface area contributed by atoms with Crippen LogP contribution in [0.5, 0.6) is 0 Å². The standard InChI is InChI=1S/C8H7N.2C7H6N2.C5H4N4/c1-2-6-9-7-3-5-8(9)4-1;1-2-5-9-6-4-8-7(9)3-1;1-2-4-9-6-8-5-7(9)3-1;1-4-5(8-2-6-1)9-3-7-4/h1-7H;2*1-6H;1-3H,(H,6,7,8,9). The molecule has 8 aromatic heterocycles. The Balaban J connectivity index is 0.0000000988. The van der Waals surface area contributed by atoms with Gasteiger partial charge in [-0.2, -0.15) is 0 Å². The molecule has 0 fully saturated rings. The minimum Gasteiger partial charge on any atom is -0.342 e. The fourth-order valence-corrected chi connectivity index (χ4v) is 3.40. The Kier molecular flexibility index (Phi) is 7.00. The monoisotopic (exact) mass is 473 g/mol. The topological polar surface area (TPSA) is 93.5 Å². The third-order valence-electron chi connectivity index (χ3n) is 5.16. The van der Waals surface area contributed by atoms with Gasteiger partial charge in [0.15, 0.2) is 5.65 Å². The number of hydrogen-bond acceptors (Lipinski definition) is 5. The summed E-state index contributed by atoms with van der Waals surface area (Å²) in [5.74, 6) is 0. The summed E-state index contributed by atoms with van der Waals surface area (Å²) in [5, 5.41) is 0. The second kappa shape index (κ2) is 11.2. The molecule has 0 saturated carbocycles. The van der Waals surface area contributed by atoms with Crippen LogP contribution < -0.4 is 0 Å². The Morgan fingerprint density at radius 3 is 2.14 bits per heavy atom. The number of aromatic nitrogens is 9. The van der Waals surface area contributed by atoms with Crippen LogP contribution in [-0.4, -0.2) is 43.1 Å². The van der Waals surface area contributed by atoms with E-state index >= 15 is 0 Å². The third kappa shape index (κ3) is 5.60. The number of imidazole rings is 3. The fourth-order valence-electron chi connectivity index (χ4n) is 3.40. The molecule has 0 aromatic carbocycles. The number of pyridine rings is 3. The number of rotatable bonds is 0. The lowest BCUT2D eigenvalue weighted by atomic mass is 10.4. The van der Waals surface area contributed by atoms with Crippen molar-refractivity contribution in [3.05, 3.63) is 135 Å². The van der Waals surface area contributed by atoms with Crippen LogP contribution in [0.2, 0.25) is 0 Å². The van der Waals surface area contributed by atoms with Gasteiger partial charge in [0.25, 0.3) is 0 Å². The Bertz CT molecular complexity index is 1390. The van der Waals surface area contributed by atoms with Crippen LogP contribution in [0, 0.1) is 0 Å². The van der Waals surface area contributed by atoms with Gasteiger partial charge in [-0.15, -0.1) is 0 Å². The predicted octanol–water partition coefficient (Wildman–Crippen LogP) is 4.96. The van der Waals surface area contributed by atoms with Gasteiger partial charge < -0.3 is 18.2 Å². The molecule has 0 radical (unpaired) electrons. The van der Waals surface area contributed by atoms with Crippen LogP contribution in [0.3, 0.4) is 0 Å². The second-order valence-electron chi connectivity index (χ2n) is 7.52. The normalized spacial score (nSPS) is 10.2. The Morgan fingerprint density at radius 2 is 1.33 bits per heavy atom. The van der Waals surface area contributed by atoms with Crippen molar-refractivity contribution in [3.8, 4) is 0 Å². The van der Waals surface area contributed by atoms with Crippen LogP contribution in [0.4, 0.5) is 0 Å². The molecule has 8 heterocycles. The van der Waals surface area contributed by atoms with E-state index in [0.717, 1.165) is 16.7 Å². The van der Waals surface area contributed by atoms with Gasteiger partial charge in [-0.1, -0.05) is 18.2 Å². The fraction of sp³-hybridized carbons (Fsp3) is 0. The molecule has 9 nitrogen and oxygen atoms in total. The van der Waals surface area contributed by atoms with Crippen LogP contribution >= 0.6 is 0 Å². The van der Waals surface area contributed by atoms with E-state index in [0.29, 0.717) is 5.65 Å². The zero-order valence-electron chi connectivity index (χ0n) is 19.3. The largest absolute Gasteiger partial charge is 0.342 e. The summed E-state index contributed by atoms with van der Waals surface area (Å²) in [6.07, 6.45) is 20.1. The molecule has 0 amide bonds. The summed E-state index contributed by atoms with van der Waals surface area (Å²) in [4.78, 5) is 22.5. The zero-order valence-corrected chi connectivity index (χ0v) is 19.3. The molecule has 0 aliphatic carbocycles. The van der Waals surface area contributed by atoms with Gasteiger partial charge in [0, 0.05) is 42.7 Å². The van der Waals surface area contributed by atoms with E-state index in [1.807, 2.05) is 101 Å². The highest BCUT2D eigenvalue weighted by Crippen LogP contribution is 2.02. The lowest BCUT2D eigenvalue weighted by Gasteiger charge is -1.88. The van der Waals surface area contributed by atoms with Crippen LogP contribution in [0.15, 0.2) is 135 Å². The van der Waals surface area contributed by atoms with E-state index in [9.17, 15) is 0 Å². The number of nitrogens with zero attached hydrogens (tertiary/aromatic N) is 8. The first-order valence-corrected chi connectivity index (χ1v) is 11.2. The van der Waals surface area contributed by atoms with Crippen molar-refractivity contribution in [2.75, 3.05) is 0 Å². The summed E-state index contributed by atoms with van der Waals surface area (Å²) in [5.41, 5.74) is 4.97.